The topological polar surface area (TPSA) is 12.0 Å². The minimum Gasteiger partial charge on any atom is -0.306 e. The van der Waals surface area contributed by atoms with Crippen LogP contribution in [0.2, 0.25) is 0 Å². The van der Waals surface area contributed by atoms with E-state index in [2.05, 4.69) is 52.5 Å². The number of thiophene rings is 1. The lowest BCUT2D eigenvalue weighted by molar-refractivity contribution is 0.491. The average Bonchev–Trinajstić information content (AvgIpc) is 2.52. The quantitative estimate of drug-likeness (QED) is 0.826. The van der Waals surface area contributed by atoms with Crippen LogP contribution in [-0.2, 0) is 0 Å². The first-order valence-electron chi connectivity index (χ1n) is 4.57. The maximum absolute atomic E-state index is 5.25. The summed E-state index contributed by atoms with van der Waals surface area (Å²) >= 11 is 5.20. The Labute approximate surface area is 98.0 Å². The first-order valence-corrected chi connectivity index (χ1v) is 6.24. The number of hydrogen-bond acceptors (Lipinski definition) is 2. The molecule has 1 aromatic heterocycles. The average molecular weight is 272 g/mol. The second-order valence-corrected chi connectivity index (χ2v) is 5.22. The van der Waals surface area contributed by atoms with Crippen LogP contribution in [0.5, 0.6) is 0 Å². The van der Waals surface area contributed by atoms with Gasteiger partial charge in [0.05, 0.1) is 0 Å². The highest BCUT2D eigenvalue weighted by molar-refractivity contribution is 9.10. The standard InChI is InChI=1S/C11H14BrNS/c1-4-5-8(2)13-9(3)11-6-10(12)7-14-11/h1,6-9,13H,5H2,2-3H3. The molecule has 2 unspecified atom stereocenters. The molecule has 76 valence electrons. The Morgan fingerprint density at radius 3 is 2.86 bits per heavy atom. The number of hydrogen-bond donors (Lipinski definition) is 1. The van der Waals surface area contributed by atoms with Crippen LogP contribution in [0.25, 0.3) is 0 Å². The zero-order chi connectivity index (χ0) is 10.6. The molecule has 0 spiro atoms. The molecule has 0 aromatic carbocycles. The van der Waals surface area contributed by atoms with Crippen molar-refractivity contribution in [3.63, 3.8) is 0 Å². The van der Waals surface area contributed by atoms with Crippen LogP contribution in [0.4, 0.5) is 0 Å². The number of terminal acetylenes is 1. The van der Waals surface area contributed by atoms with Gasteiger partial charge in [0.1, 0.15) is 0 Å². The van der Waals surface area contributed by atoms with Gasteiger partial charge in [-0.15, -0.1) is 23.7 Å². The monoisotopic (exact) mass is 271 g/mol. The van der Waals surface area contributed by atoms with Crippen molar-refractivity contribution >= 4 is 27.3 Å². The molecule has 0 aliphatic heterocycles. The SMILES string of the molecule is C#CCC(C)NC(C)c1cc(Br)cs1. The van der Waals surface area contributed by atoms with Crippen molar-refractivity contribution in [1.82, 2.24) is 5.32 Å². The van der Waals surface area contributed by atoms with Crippen molar-refractivity contribution in [1.29, 1.82) is 0 Å². The Hall–Kier alpha value is -0.300. The minimum absolute atomic E-state index is 0.370. The molecular formula is C11H14BrNS. The summed E-state index contributed by atoms with van der Waals surface area (Å²) in [5, 5.41) is 5.55. The molecule has 0 aliphatic carbocycles. The summed E-state index contributed by atoms with van der Waals surface area (Å²) in [7, 11) is 0. The molecule has 0 fully saturated rings. The molecule has 1 rings (SSSR count). The van der Waals surface area contributed by atoms with Gasteiger partial charge in [-0.1, -0.05) is 0 Å². The summed E-state index contributed by atoms with van der Waals surface area (Å²) < 4.78 is 1.15. The molecule has 0 amide bonds. The number of halogens is 1. The summed E-state index contributed by atoms with van der Waals surface area (Å²) in [6.07, 6.45) is 6.03. The molecule has 1 aromatic rings. The first kappa shape index (κ1) is 11.8. The highest BCUT2D eigenvalue weighted by Crippen LogP contribution is 2.25. The van der Waals surface area contributed by atoms with Crippen molar-refractivity contribution in [2.45, 2.75) is 32.4 Å². The smallest absolute Gasteiger partial charge is 0.0388 e. The normalized spacial score (nSPS) is 14.7. The second kappa shape index (κ2) is 5.55. The molecule has 1 heterocycles. The zero-order valence-electron chi connectivity index (χ0n) is 8.38. The molecule has 3 heteroatoms. The molecule has 1 nitrogen and oxygen atoms in total. The van der Waals surface area contributed by atoms with Gasteiger partial charge in [0.25, 0.3) is 0 Å². The van der Waals surface area contributed by atoms with Gasteiger partial charge in [-0.2, -0.15) is 0 Å². The third-order valence-electron chi connectivity index (χ3n) is 1.97. The van der Waals surface area contributed by atoms with E-state index in [1.54, 1.807) is 11.3 Å². The molecule has 2 atom stereocenters. The van der Waals surface area contributed by atoms with Crippen LogP contribution >= 0.6 is 27.3 Å². The predicted molar refractivity (Wildman–Crippen MR) is 66.5 cm³/mol. The fourth-order valence-corrected chi connectivity index (χ4v) is 2.76. The molecule has 14 heavy (non-hydrogen) atoms. The Kier molecular flexibility index (Phi) is 4.67. The predicted octanol–water partition coefficient (Wildman–Crippen LogP) is 3.57. The third kappa shape index (κ3) is 3.45. The van der Waals surface area contributed by atoms with Gasteiger partial charge in [0.15, 0.2) is 0 Å². The Morgan fingerprint density at radius 1 is 1.64 bits per heavy atom. The van der Waals surface area contributed by atoms with E-state index in [0.717, 1.165) is 10.9 Å². The van der Waals surface area contributed by atoms with E-state index in [4.69, 9.17) is 6.42 Å². The van der Waals surface area contributed by atoms with Gasteiger partial charge in [-0.05, 0) is 35.8 Å². The molecule has 0 saturated carbocycles. The molecule has 0 radical (unpaired) electrons. The minimum atomic E-state index is 0.370. The summed E-state index contributed by atoms with van der Waals surface area (Å²) in [5.41, 5.74) is 0. The van der Waals surface area contributed by atoms with Gasteiger partial charge < -0.3 is 5.32 Å². The van der Waals surface area contributed by atoms with Crippen molar-refractivity contribution in [2.75, 3.05) is 0 Å². The Balaban J connectivity index is 2.50. The lowest BCUT2D eigenvalue weighted by atomic mass is 10.2. The summed E-state index contributed by atoms with van der Waals surface area (Å²) in [6.45, 7) is 4.27. The summed E-state index contributed by atoms with van der Waals surface area (Å²) in [4.78, 5) is 1.33. The summed E-state index contributed by atoms with van der Waals surface area (Å²) in [5.74, 6) is 2.66. The van der Waals surface area contributed by atoms with Crippen LogP contribution in [0.3, 0.4) is 0 Å². The van der Waals surface area contributed by atoms with E-state index < -0.39 is 0 Å². The zero-order valence-corrected chi connectivity index (χ0v) is 10.8. The Bertz CT molecular complexity index is 326. The van der Waals surface area contributed by atoms with Crippen LogP contribution < -0.4 is 5.32 Å². The van der Waals surface area contributed by atoms with E-state index in [-0.39, 0.29) is 0 Å². The molecule has 0 bridgehead atoms. The molecule has 0 aliphatic rings. The molecule has 0 saturated heterocycles. The van der Waals surface area contributed by atoms with Gasteiger partial charge >= 0.3 is 0 Å². The highest BCUT2D eigenvalue weighted by Gasteiger charge is 2.10. The van der Waals surface area contributed by atoms with E-state index in [9.17, 15) is 0 Å². The number of nitrogens with one attached hydrogen (secondary N) is 1. The van der Waals surface area contributed by atoms with Gasteiger partial charge in [-0.25, -0.2) is 0 Å². The van der Waals surface area contributed by atoms with Crippen molar-refractivity contribution in [3.05, 3.63) is 20.8 Å². The van der Waals surface area contributed by atoms with Crippen LogP contribution in [0.15, 0.2) is 15.9 Å². The summed E-state index contributed by atoms with van der Waals surface area (Å²) in [6, 6.07) is 2.89. The lowest BCUT2D eigenvalue weighted by Crippen LogP contribution is -2.27. The lowest BCUT2D eigenvalue weighted by Gasteiger charge is -2.16. The van der Waals surface area contributed by atoms with Crippen molar-refractivity contribution in [3.8, 4) is 12.3 Å². The van der Waals surface area contributed by atoms with Gasteiger partial charge in [-0.3, -0.25) is 0 Å². The highest BCUT2D eigenvalue weighted by atomic mass is 79.9. The fourth-order valence-electron chi connectivity index (χ4n) is 1.30. The van der Waals surface area contributed by atoms with Gasteiger partial charge in [0, 0.05) is 33.2 Å². The maximum atomic E-state index is 5.25. The van der Waals surface area contributed by atoms with E-state index in [1.807, 2.05) is 0 Å². The van der Waals surface area contributed by atoms with Gasteiger partial charge in [0.2, 0.25) is 0 Å². The molecule has 1 N–H and O–H groups in total. The van der Waals surface area contributed by atoms with E-state index in [0.29, 0.717) is 12.1 Å². The third-order valence-corrected chi connectivity index (χ3v) is 3.85. The van der Waals surface area contributed by atoms with Crippen LogP contribution in [0.1, 0.15) is 31.2 Å². The van der Waals surface area contributed by atoms with Crippen molar-refractivity contribution in [2.24, 2.45) is 0 Å². The van der Waals surface area contributed by atoms with Crippen molar-refractivity contribution < 1.29 is 0 Å². The van der Waals surface area contributed by atoms with Crippen LogP contribution in [-0.4, -0.2) is 6.04 Å². The fraction of sp³-hybridized carbons (Fsp3) is 0.455. The first-order chi connectivity index (χ1) is 6.63. The second-order valence-electron chi connectivity index (χ2n) is 3.36. The number of rotatable bonds is 4. The Morgan fingerprint density at radius 2 is 2.36 bits per heavy atom. The van der Waals surface area contributed by atoms with E-state index in [1.165, 1.54) is 4.88 Å². The van der Waals surface area contributed by atoms with E-state index >= 15 is 0 Å². The molecular weight excluding hydrogens is 258 g/mol. The van der Waals surface area contributed by atoms with Crippen LogP contribution in [0, 0.1) is 12.3 Å². The largest absolute Gasteiger partial charge is 0.306 e. The maximum Gasteiger partial charge on any atom is 0.0388 e.